The Hall–Kier alpha value is -2.10. The van der Waals surface area contributed by atoms with Crippen LogP contribution in [-0.2, 0) is 29.9 Å². The molecule has 3 aliphatic heterocycles. The second-order valence-electron chi connectivity index (χ2n) is 11.5. The third-order valence-electron chi connectivity index (χ3n) is 8.69. The molecule has 0 bridgehead atoms. The zero-order valence-corrected chi connectivity index (χ0v) is 23.9. The molecule has 9 heteroatoms. The third-order valence-corrected chi connectivity index (χ3v) is 13.2. The van der Waals surface area contributed by atoms with Crippen LogP contribution in [0.5, 0.6) is 11.5 Å². The second kappa shape index (κ2) is 9.65. The first-order valence-corrected chi connectivity index (χ1v) is 16.0. The van der Waals surface area contributed by atoms with Crippen molar-refractivity contribution in [1.82, 2.24) is 4.90 Å². The average molecular weight is 520 g/mol. The van der Waals surface area contributed by atoms with Gasteiger partial charge in [0.15, 0.2) is 19.8 Å². The van der Waals surface area contributed by atoms with E-state index in [1.807, 2.05) is 24.0 Å². The van der Waals surface area contributed by atoms with Gasteiger partial charge in [0.05, 0.1) is 13.2 Å². The average Bonchev–Trinajstić information content (AvgIpc) is 3.35. The normalized spacial score (nSPS) is 24.7. The first-order chi connectivity index (χ1) is 16.9. The Morgan fingerprint density at radius 1 is 1.08 bits per heavy atom. The zero-order valence-electron chi connectivity index (χ0n) is 22.9. The standard InChI is InChI=1S/C27H41NO7Si/c1-9-31-24(29)27(25(30)32-10-2)17(3)20(15-35-36(7,8)26(4,5)6)23-19-14-22-21(33-16-34-22)13-18(19)11-12-28(23)27/h13-14,17,20,23H,9-12,15-16H2,1-8H3/t17-,20-,23-/m1/s1. The van der Waals surface area contributed by atoms with E-state index >= 15 is 0 Å². The van der Waals surface area contributed by atoms with Gasteiger partial charge in [-0.2, -0.15) is 0 Å². The molecule has 3 heterocycles. The third kappa shape index (κ3) is 4.13. The zero-order chi connectivity index (χ0) is 26.5. The number of rotatable bonds is 7. The minimum atomic E-state index is -2.09. The van der Waals surface area contributed by atoms with Crippen molar-refractivity contribution in [3.05, 3.63) is 23.3 Å². The molecule has 0 radical (unpaired) electrons. The summed E-state index contributed by atoms with van der Waals surface area (Å²) in [5.74, 6) is -0.171. The highest BCUT2D eigenvalue weighted by molar-refractivity contribution is 6.74. The maximum absolute atomic E-state index is 13.7. The van der Waals surface area contributed by atoms with Crippen molar-refractivity contribution in [1.29, 1.82) is 0 Å². The quantitative estimate of drug-likeness (QED) is 0.297. The number of hydrogen-bond acceptors (Lipinski definition) is 8. The van der Waals surface area contributed by atoms with Gasteiger partial charge in [0.1, 0.15) is 0 Å². The molecule has 1 aromatic rings. The highest BCUT2D eigenvalue weighted by Gasteiger charge is 2.68. The largest absolute Gasteiger partial charge is 0.464 e. The number of ether oxygens (including phenoxy) is 4. The fourth-order valence-electron chi connectivity index (χ4n) is 5.67. The molecule has 0 spiro atoms. The van der Waals surface area contributed by atoms with Crippen molar-refractivity contribution in [2.75, 3.05) is 33.2 Å². The van der Waals surface area contributed by atoms with Gasteiger partial charge in [0.2, 0.25) is 12.3 Å². The molecule has 3 aliphatic rings. The lowest BCUT2D eigenvalue weighted by atomic mass is 9.79. The first kappa shape index (κ1) is 26.9. The van der Waals surface area contributed by atoms with Crippen LogP contribution < -0.4 is 9.47 Å². The Bertz CT molecular complexity index is 1000. The van der Waals surface area contributed by atoms with Crippen LogP contribution in [0.3, 0.4) is 0 Å². The molecule has 0 aromatic heterocycles. The topological polar surface area (TPSA) is 83.5 Å². The van der Waals surface area contributed by atoms with Crippen molar-refractivity contribution in [3.63, 3.8) is 0 Å². The first-order valence-electron chi connectivity index (χ1n) is 13.1. The van der Waals surface area contributed by atoms with Gasteiger partial charge in [0, 0.05) is 31.0 Å². The van der Waals surface area contributed by atoms with E-state index in [-0.39, 0.29) is 42.9 Å². The van der Waals surface area contributed by atoms with Gasteiger partial charge in [-0.05, 0) is 61.7 Å². The Labute approximate surface area is 215 Å². The summed E-state index contributed by atoms with van der Waals surface area (Å²) in [6.45, 7) is 18.1. The van der Waals surface area contributed by atoms with E-state index in [9.17, 15) is 9.59 Å². The Morgan fingerprint density at radius 2 is 1.67 bits per heavy atom. The number of fused-ring (bicyclic) bond motifs is 4. The van der Waals surface area contributed by atoms with E-state index in [0.717, 1.165) is 16.9 Å². The molecule has 0 N–H and O–H groups in total. The van der Waals surface area contributed by atoms with Crippen LogP contribution in [0.15, 0.2) is 12.1 Å². The van der Waals surface area contributed by atoms with Crippen molar-refractivity contribution in [2.45, 2.75) is 77.7 Å². The van der Waals surface area contributed by atoms with Crippen LogP contribution in [0.25, 0.3) is 0 Å². The molecule has 1 saturated heterocycles. The molecule has 8 nitrogen and oxygen atoms in total. The molecule has 1 fully saturated rings. The van der Waals surface area contributed by atoms with Crippen LogP contribution in [0.1, 0.15) is 58.7 Å². The van der Waals surface area contributed by atoms with E-state index in [1.165, 1.54) is 0 Å². The van der Waals surface area contributed by atoms with Gasteiger partial charge in [-0.15, -0.1) is 0 Å². The van der Waals surface area contributed by atoms with Gasteiger partial charge in [-0.25, -0.2) is 9.59 Å². The van der Waals surface area contributed by atoms with Crippen LogP contribution in [0.4, 0.5) is 0 Å². The Balaban J connectivity index is 1.84. The molecule has 200 valence electrons. The fraction of sp³-hybridized carbons (Fsp3) is 0.704. The number of esters is 2. The summed E-state index contributed by atoms with van der Waals surface area (Å²) >= 11 is 0. The number of benzene rings is 1. The van der Waals surface area contributed by atoms with Gasteiger partial charge in [-0.1, -0.05) is 27.7 Å². The molecule has 0 aliphatic carbocycles. The maximum Gasteiger partial charge on any atom is 0.338 e. The number of carbonyl (C=O) groups excluding carboxylic acids is 2. The van der Waals surface area contributed by atoms with E-state index < -0.39 is 25.8 Å². The van der Waals surface area contributed by atoms with Crippen LogP contribution in [0.2, 0.25) is 18.1 Å². The van der Waals surface area contributed by atoms with Gasteiger partial charge >= 0.3 is 11.9 Å². The number of carbonyl (C=O) groups is 2. The van der Waals surface area contributed by atoms with E-state index in [0.29, 0.717) is 25.3 Å². The highest BCUT2D eigenvalue weighted by Crippen LogP contribution is 2.56. The van der Waals surface area contributed by atoms with E-state index in [4.69, 9.17) is 23.4 Å². The SMILES string of the molecule is CCOC(=O)C1(C(=O)OCC)[C@H](C)[C@@H](CO[Si](C)(C)C(C)(C)C)[C@H]2c3cc4c(cc3CCN21)OCO4. The molecule has 0 amide bonds. The maximum atomic E-state index is 13.7. The minimum Gasteiger partial charge on any atom is -0.464 e. The summed E-state index contributed by atoms with van der Waals surface area (Å²) < 4.78 is 29.2. The molecule has 3 atom stereocenters. The van der Waals surface area contributed by atoms with Gasteiger partial charge in [0.25, 0.3) is 0 Å². The summed E-state index contributed by atoms with van der Waals surface area (Å²) in [4.78, 5) is 29.5. The van der Waals surface area contributed by atoms with Gasteiger partial charge < -0.3 is 23.4 Å². The summed E-state index contributed by atoms with van der Waals surface area (Å²) in [6.07, 6.45) is 0.672. The monoisotopic (exact) mass is 519 g/mol. The molecule has 36 heavy (non-hydrogen) atoms. The molecule has 0 saturated carbocycles. The Morgan fingerprint density at radius 3 is 2.22 bits per heavy atom. The predicted octanol–water partition coefficient (Wildman–Crippen LogP) is 4.47. The van der Waals surface area contributed by atoms with Gasteiger partial charge in [-0.3, -0.25) is 4.90 Å². The lowest BCUT2D eigenvalue weighted by Gasteiger charge is -2.41. The Kier molecular flexibility index (Phi) is 7.22. The number of nitrogens with zero attached hydrogens (tertiary/aromatic N) is 1. The molecular formula is C27H41NO7Si. The smallest absolute Gasteiger partial charge is 0.338 e. The van der Waals surface area contributed by atoms with Crippen molar-refractivity contribution >= 4 is 20.3 Å². The summed E-state index contributed by atoms with van der Waals surface area (Å²) in [7, 11) is -2.09. The summed E-state index contributed by atoms with van der Waals surface area (Å²) in [6, 6.07) is 3.84. The van der Waals surface area contributed by atoms with E-state index in [1.54, 1.807) is 13.8 Å². The van der Waals surface area contributed by atoms with Crippen LogP contribution >= 0.6 is 0 Å². The van der Waals surface area contributed by atoms with Crippen LogP contribution in [0, 0.1) is 11.8 Å². The summed E-state index contributed by atoms with van der Waals surface area (Å²) in [5.41, 5.74) is 0.664. The summed E-state index contributed by atoms with van der Waals surface area (Å²) in [5, 5.41) is 0.0321. The van der Waals surface area contributed by atoms with E-state index in [2.05, 4.69) is 33.9 Å². The van der Waals surface area contributed by atoms with Crippen molar-refractivity contribution < 1.29 is 33.0 Å². The lowest BCUT2D eigenvalue weighted by molar-refractivity contribution is -0.177. The highest BCUT2D eigenvalue weighted by atomic mass is 28.4. The molecule has 0 unspecified atom stereocenters. The predicted molar refractivity (Wildman–Crippen MR) is 138 cm³/mol. The fourth-order valence-corrected chi connectivity index (χ4v) is 6.71. The van der Waals surface area contributed by atoms with Crippen molar-refractivity contribution in [2.24, 2.45) is 11.8 Å². The minimum absolute atomic E-state index is 0.0321. The number of hydrogen-bond donors (Lipinski definition) is 0. The second-order valence-corrected chi connectivity index (χ2v) is 16.3. The van der Waals surface area contributed by atoms with Crippen LogP contribution in [-0.4, -0.2) is 63.9 Å². The molecule has 4 rings (SSSR count). The molecule has 1 aromatic carbocycles. The lowest BCUT2D eigenvalue weighted by Crippen LogP contribution is -2.62. The van der Waals surface area contributed by atoms with Crippen molar-refractivity contribution in [3.8, 4) is 11.5 Å². The molecular weight excluding hydrogens is 478 g/mol.